The number of amides is 2. The number of hydrogen-bond donors (Lipinski definition) is 1. The minimum Gasteiger partial charge on any atom is -0.324 e. The molecular weight excluding hydrogens is 362 g/mol. The van der Waals surface area contributed by atoms with Gasteiger partial charge in [0, 0.05) is 25.4 Å². The highest BCUT2D eigenvalue weighted by Gasteiger charge is 2.50. The third kappa shape index (κ3) is 3.40. The van der Waals surface area contributed by atoms with Crippen molar-refractivity contribution in [1.29, 1.82) is 0 Å². The molecule has 0 radical (unpaired) electrons. The summed E-state index contributed by atoms with van der Waals surface area (Å²) >= 11 is 0. The van der Waals surface area contributed by atoms with Crippen molar-refractivity contribution in [1.82, 2.24) is 4.98 Å². The molecule has 4 rings (SSSR count). The van der Waals surface area contributed by atoms with Gasteiger partial charge in [0.15, 0.2) is 0 Å². The first-order valence-corrected chi connectivity index (χ1v) is 9.63. The summed E-state index contributed by atoms with van der Waals surface area (Å²) in [6.45, 7) is 1.92. The van der Waals surface area contributed by atoms with Crippen LogP contribution in [0.4, 0.5) is 11.4 Å². The molecular formula is C24H23N3O2. The van der Waals surface area contributed by atoms with E-state index < -0.39 is 5.41 Å². The Morgan fingerprint density at radius 1 is 1.07 bits per heavy atom. The summed E-state index contributed by atoms with van der Waals surface area (Å²) in [4.78, 5) is 32.3. The van der Waals surface area contributed by atoms with Crippen LogP contribution in [0.5, 0.6) is 0 Å². The summed E-state index contributed by atoms with van der Waals surface area (Å²) in [5.41, 5.74) is 3.44. The number of carbonyl (C=O) groups excluding carboxylic acids is 2. The highest BCUT2D eigenvalue weighted by molar-refractivity contribution is 6.11. The highest BCUT2D eigenvalue weighted by Crippen LogP contribution is 2.45. The van der Waals surface area contributed by atoms with Gasteiger partial charge < -0.3 is 10.2 Å². The summed E-state index contributed by atoms with van der Waals surface area (Å²) in [5.74, 6) is -0.254. The Kier molecular flexibility index (Phi) is 4.89. The van der Waals surface area contributed by atoms with Crippen molar-refractivity contribution in [3.05, 3.63) is 89.7 Å². The average Bonchev–Trinajstić information content (AvgIpc) is 2.93. The largest absolute Gasteiger partial charge is 0.324 e. The van der Waals surface area contributed by atoms with Crippen LogP contribution < -0.4 is 10.2 Å². The average molecular weight is 385 g/mol. The highest BCUT2D eigenvalue weighted by atomic mass is 16.2. The molecule has 0 saturated carbocycles. The second kappa shape index (κ2) is 7.51. The summed E-state index contributed by atoms with van der Waals surface area (Å²) in [7, 11) is 1.77. The molecule has 1 unspecified atom stereocenters. The molecule has 5 nitrogen and oxygen atoms in total. The van der Waals surface area contributed by atoms with Crippen LogP contribution in [0.2, 0.25) is 0 Å². The lowest BCUT2D eigenvalue weighted by molar-refractivity contribution is -0.127. The van der Waals surface area contributed by atoms with Crippen LogP contribution in [0.15, 0.2) is 73.1 Å². The van der Waals surface area contributed by atoms with Crippen LogP contribution >= 0.6 is 0 Å². The molecule has 146 valence electrons. The van der Waals surface area contributed by atoms with E-state index >= 15 is 0 Å². The van der Waals surface area contributed by atoms with Crippen molar-refractivity contribution in [3.63, 3.8) is 0 Å². The van der Waals surface area contributed by atoms with Gasteiger partial charge in [-0.05, 0) is 42.2 Å². The third-order valence-electron chi connectivity index (χ3n) is 5.62. The molecule has 5 heteroatoms. The number of benzene rings is 2. The third-order valence-corrected chi connectivity index (χ3v) is 5.62. The van der Waals surface area contributed by atoms with Gasteiger partial charge in [-0.25, -0.2) is 0 Å². The quantitative estimate of drug-likeness (QED) is 0.725. The molecule has 2 amide bonds. The summed E-state index contributed by atoms with van der Waals surface area (Å²) in [5, 5.41) is 2.94. The lowest BCUT2D eigenvalue weighted by Gasteiger charge is -2.28. The molecule has 0 saturated heterocycles. The molecule has 2 heterocycles. The predicted molar refractivity (Wildman–Crippen MR) is 114 cm³/mol. The predicted octanol–water partition coefficient (Wildman–Crippen LogP) is 3.88. The van der Waals surface area contributed by atoms with E-state index in [0.29, 0.717) is 12.1 Å². The van der Waals surface area contributed by atoms with E-state index in [2.05, 4.69) is 10.3 Å². The molecule has 1 aromatic heterocycles. The van der Waals surface area contributed by atoms with Gasteiger partial charge in [-0.1, -0.05) is 48.5 Å². The Labute approximate surface area is 170 Å². The molecule has 0 bridgehead atoms. The lowest BCUT2D eigenvalue weighted by atomic mass is 9.73. The van der Waals surface area contributed by atoms with Crippen molar-refractivity contribution in [3.8, 4) is 0 Å². The van der Waals surface area contributed by atoms with E-state index in [9.17, 15) is 9.59 Å². The molecule has 3 aromatic rings. The molecule has 1 aliphatic rings. The number of aromatic nitrogens is 1. The molecule has 2 aromatic carbocycles. The smallest absolute Gasteiger partial charge is 0.238 e. The molecule has 0 aliphatic carbocycles. The molecule has 1 aliphatic heterocycles. The van der Waals surface area contributed by atoms with Crippen molar-refractivity contribution >= 4 is 23.2 Å². The molecule has 0 fully saturated rings. The van der Waals surface area contributed by atoms with Gasteiger partial charge in [0.2, 0.25) is 11.8 Å². The van der Waals surface area contributed by atoms with E-state index in [-0.39, 0.29) is 18.2 Å². The zero-order valence-electron chi connectivity index (χ0n) is 16.6. The number of nitrogens with zero attached hydrogens (tertiary/aromatic N) is 2. The molecule has 1 atom stereocenters. The van der Waals surface area contributed by atoms with Gasteiger partial charge in [0.05, 0.1) is 17.3 Å². The minimum absolute atomic E-state index is 0.0550. The fraction of sp³-hybridized carbons (Fsp3) is 0.208. The first-order valence-electron chi connectivity index (χ1n) is 9.63. The number of para-hydroxylation sites is 1. The maximum Gasteiger partial charge on any atom is 0.238 e. The van der Waals surface area contributed by atoms with E-state index in [1.54, 1.807) is 24.3 Å². The fourth-order valence-corrected chi connectivity index (χ4v) is 4.13. The van der Waals surface area contributed by atoms with Gasteiger partial charge in [0.1, 0.15) is 0 Å². The number of pyridine rings is 1. The van der Waals surface area contributed by atoms with Crippen LogP contribution in [-0.4, -0.2) is 23.8 Å². The van der Waals surface area contributed by atoms with E-state index in [1.165, 1.54) is 0 Å². The van der Waals surface area contributed by atoms with E-state index in [1.807, 2.05) is 67.6 Å². The number of rotatable bonds is 5. The molecule has 0 spiro atoms. The number of carbonyl (C=O) groups is 2. The number of anilines is 2. The van der Waals surface area contributed by atoms with Crippen LogP contribution in [0.25, 0.3) is 0 Å². The van der Waals surface area contributed by atoms with Crippen LogP contribution in [0.3, 0.4) is 0 Å². The fourth-order valence-electron chi connectivity index (χ4n) is 4.13. The van der Waals surface area contributed by atoms with Gasteiger partial charge in [-0.3, -0.25) is 14.6 Å². The van der Waals surface area contributed by atoms with Gasteiger partial charge in [-0.2, -0.15) is 0 Å². The SMILES string of the molecule is Cc1ccncc1NC(=O)CC1(Cc2ccccc2)C(=O)N(C)c2ccccc21. The summed E-state index contributed by atoms with van der Waals surface area (Å²) in [6, 6.07) is 19.4. The Hall–Kier alpha value is -3.47. The zero-order chi connectivity index (χ0) is 20.4. The van der Waals surface area contributed by atoms with Crippen LogP contribution in [-0.2, 0) is 21.4 Å². The number of likely N-dealkylation sites (N-methyl/N-ethyl adjacent to an activating group) is 1. The van der Waals surface area contributed by atoms with Crippen molar-refractivity contribution < 1.29 is 9.59 Å². The first-order chi connectivity index (χ1) is 14.0. The maximum atomic E-state index is 13.5. The molecule has 29 heavy (non-hydrogen) atoms. The Balaban J connectivity index is 1.73. The maximum absolute atomic E-state index is 13.5. The topological polar surface area (TPSA) is 62.3 Å². The Bertz CT molecular complexity index is 1060. The van der Waals surface area contributed by atoms with Crippen molar-refractivity contribution in [2.75, 3.05) is 17.3 Å². The van der Waals surface area contributed by atoms with Gasteiger partial charge >= 0.3 is 0 Å². The van der Waals surface area contributed by atoms with E-state index in [4.69, 9.17) is 0 Å². The van der Waals surface area contributed by atoms with Crippen LogP contribution in [0, 0.1) is 6.92 Å². The second-order valence-corrected chi connectivity index (χ2v) is 7.54. The Morgan fingerprint density at radius 2 is 1.79 bits per heavy atom. The first kappa shape index (κ1) is 18.9. The number of fused-ring (bicyclic) bond motifs is 1. The van der Waals surface area contributed by atoms with Crippen molar-refractivity contribution in [2.45, 2.75) is 25.2 Å². The van der Waals surface area contributed by atoms with Crippen molar-refractivity contribution in [2.24, 2.45) is 0 Å². The number of aryl methyl sites for hydroxylation is 1. The molecule has 1 N–H and O–H groups in total. The van der Waals surface area contributed by atoms with Gasteiger partial charge in [-0.15, -0.1) is 0 Å². The van der Waals surface area contributed by atoms with Gasteiger partial charge in [0.25, 0.3) is 0 Å². The summed E-state index contributed by atoms with van der Waals surface area (Å²) < 4.78 is 0. The summed E-state index contributed by atoms with van der Waals surface area (Å²) in [6.07, 6.45) is 3.85. The number of hydrogen-bond acceptors (Lipinski definition) is 3. The second-order valence-electron chi connectivity index (χ2n) is 7.54. The minimum atomic E-state index is -0.938. The Morgan fingerprint density at radius 3 is 2.55 bits per heavy atom. The van der Waals surface area contributed by atoms with Crippen LogP contribution in [0.1, 0.15) is 23.1 Å². The zero-order valence-corrected chi connectivity index (χ0v) is 16.6. The standard InChI is InChI=1S/C24H23N3O2/c1-17-12-13-25-16-20(17)26-22(28)15-24(14-18-8-4-3-5-9-18)19-10-6-7-11-21(19)27(2)23(24)29/h3-13,16H,14-15H2,1-2H3,(H,26,28). The normalized spacial score (nSPS) is 17.9. The lowest BCUT2D eigenvalue weighted by Crippen LogP contribution is -2.43. The number of nitrogens with one attached hydrogen (secondary N) is 1. The van der Waals surface area contributed by atoms with E-state index in [0.717, 1.165) is 22.4 Å². The monoisotopic (exact) mass is 385 g/mol.